The highest BCUT2D eigenvalue weighted by atomic mass is 35.5. The largest absolute Gasteiger partial charge is 0.276 e. The van der Waals surface area contributed by atoms with Crippen molar-refractivity contribution in [3.8, 4) is 0 Å². The molecule has 4 nitrogen and oxygen atoms in total. The summed E-state index contributed by atoms with van der Waals surface area (Å²) in [5.74, 6) is 0. The van der Waals surface area contributed by atoms with Crippen LogP contribution in [0.25, 0.3) is 0 Å². The van der Waals surface area contributed by atoms with Gasteiger partial charge in [0.2, 0.25) is 0 Å². The van der Waals surface area contributed by atoms with E-state index in [1.54, 1.807) is 6.92 Å². The maximum Gasteiger partial charge on any atom is 0.276 e. The zero-order valence-electron chi connectivity index (χ0n) is 12.6. The maximum absolute atomic E-state index is 12.1. The fourth-order valence-corrected chi connectivity index (χ4v) is 2.81. The Morgan fingerprint density at radius 2 is 1.68 bits per heavy atom. The summed E-state index contributed by atoms with van der Waals surface area (Å²) >= 11 is 5.75. The van der Waals surface area contributed by atoms with E-state index < -0.39 is 10.0 Å². The second-order valence-corrected chi connectivity index (χ2v) is 7.14. The Morgan fingerprint density at radius 3 is 2.27 bits per heavy atom. The predicted octanol–water partition coefficient (Wildman–Crippen LogP) is 3.66. The van der Waals surface area contributed by atoms with Crippen molar-refractivity contribution in [3.63, 3.8) is 0 Å². The summed E-state index contributed by atoms with van der Waals surface area (Å²) in [4.78, 5) is 2.36. The SMILES string of the molecule is CC(=NNS(=O)(=O)c1ccc(Cl)cc1)c1ccc(C)c(C)c1. The van der Waals surface area contributed by atoms with E-state index in [1.165, 1.54) is 29.8 Å². The van der Waals surface area contributed by atoms with Gasteiger partial charge in [-0.3, -0.25) is 0 Å². The van der Waals surface area contributed by atoms with Crippen LogP contribution in [-0.4, -0.2) is 14.1 Å². The molecule has 6 heteroatoms. The Labute approximate surface area is 135 Å². The highest BCUT2D eigenvalue weighted by Gasteiger charge is 2.12. The average Bonchev–Trinajstić information content (AvgIpc) is 2.48. The van der Waals surface area contributed by atoms with Crippen molar-refractivity contribution in [1.82, 2.24) is 4.83 Å². The Hall–Kier alpha value is -1.85. The molecule has 2 aromatic rings. The maximum atomic E-state index is 12.1. The van der Waals surface area contributed by atoms with Gasteiger partial charge in [-0.1, -0.05) is 23.7 Å². The smallest absolute Gasteiger partial charge is 0.200 e. The monoisotopic (exact) mass is 336 g/mol. The first-order valence-electron chi connectivity index (χ1n) is 6.69. The first-order chi connectivity index (χ1) is 10.3. The van der Waals surface area contributed by atoms with Crippen LogP contribution < -0.4 is 4.83 Å². The summed E-state index contributed by atoms with van der Waals surface area (Å²) in [5.41, 5.74) is 3.79. The minimum Gasteiger partial charge on any atom is -0.200 e. The Kier molecular flexibility index (Phi) is 4.88. The van der Waals surface area contributed by atoms with E-state index in [4.69, 9.17) is 11.6 Å². The fraction of sp³-hybridized carbons (Fsp3) is 0.188. The third-order valence-electron chi connectivity index (χ3n) is 3.38. The minimum absolute atomic E-state index is 0.119. The number of benzene rings is 2. The van der Waals surface area contributed by atoms with Crippen LogP contribution in [-0.2, 0) is 10.0 Å². The van der Waals surface area contributed by atoms with Gasteiger partial charge in [0.1, 0.15) is 0 Å². The molecule has 0 atom stereocenters. The van der Waals surface area contributed by atoms with Crippen LogP contribution in [0.5, 0.6) is 0 Å². The van der Waals surface area contributed by atoms with Crippen LogP contribution >= 0.6 is 11.6 Å². The van der Waals surface area contributed by atoms with Gasteiger partial charge in [-0.25, -0.2) is 0 Å². The van der Waals surface area contributed by atoms with Crippen molar-refractivity contribution in [2.75, 3.05) is 0 Å². The number of aryl methyl sites for hydroxylation is 2. The van der Waals surface area contributed by atoms with Crippen molar-refractivity contribution in [2.24, 2.45) is 5.10 Å². The summed E-state index contributed by atoms with van der Waals surface area (Å²) in [6.07, 6.45) is 0. The first kappa shape index (κ1) is 16.5. The molecule has 0 fully saturated rings. The standard InChI is InChI=1S/C16H17ClN2O2S/c1-11-4-5-14(10-12(11)2)13(3)18-19-22(20,21)16-8-6-15(17)7-9-16/h4-10,19H,1-3H3. The van der Waals surface area contributed by atoms with Gasteiger partial charge in [-0.05, 0) is 67.8 Å². The van der Waals surface area contributed by atoms with Gasteiger partial charge in [0.15, 0.2) is 0 Å². The van der Waals surface area contributed by atoms with Crippen LogP contribution in [0, 0.1) is 13.8 Å². The molecule has 116 valence electrons. The third kappa shape index (κ3) is 3.87. The molecule has 0 unspecified atom stereocenters. The second kappa shape index (κ2) is 6.50. The molecule has 22 heavy (non-hydrogen) atoms. The van der Waals surface area contributed by atoms with E-state index in [1.807, 2.05) is 32.0 Å². The van der Waals surface area contributed by atoms with Gasteiger partial charge in [0.05, 0.1) is 10.6 Å². The average molecular weight is 337 g/mol. The van der Waals surface area contributed by atoms with Gasteiger partial charge in [-0.15, -0.1) is 0 Å². The molecule has 0 radical (unpaired) electrons. The Bertz CT molecular complexity index is 813. The number of nitrogens with one attached hydrogen (secondary N) is 1. The normalized spacial score (nSPS) is 12.3. The molecule has 2 aromatic carbocycles. The van der Waals surface area contributed by atoms with Crippen LogP contribution in [0.3, 0.4) is 0 Å². The molecule has 0 bridgehead atoms. The van der Waals surface area contributed by atoms with Gasteiger partial charge in [0, 0.05) is 5.02 Å². The van der Waals surface area contributed by atoms with Gasteiger partial charge in [0.25, 0.3) is 10.0 Å². The highest BCUT2D eigenvalue weighted by molar-refractivity contribution is 7.89. The highest BCUT2D eigenvalue weighted by Crippen LogP contribution is 2.14. The van der Waals surface area contributed by atoms with Gasteiger partial charge >= 0.3 is 0 Å². The lowest BCUT2D eigenvalue weighted by Gasteiger charge is -2.07. The molecule has 0 saturated heterocycles. The lowest BCUT2D eigenvalue weighted by Crippen LogP contribution is -2.19. The quantitative estimate of drug-likeness (QED) is 0.684. The van der Waals surface area contributed by atoms with E-state index in [0.29, 0.717) is 10.7 Å². The number of sulfonamides is 1. The molecular formula is C16H17ClN2O2S. The summed E-state index contributed by atoms with van der Waals surface area (Å²) in [6.45, 7) is 5.79. The van der Waals surface area contributed by atoms with E-state index in [2.05, 4.69) is 9.93 Å². The van der Waals surface area contributed by atoms with E-state index in [0.717, 1.165) is 11.1 Å². The number of hydrogen-bond acceptors (Lipinski definition) is 3. The lowest BCUT2D eigenvalue weighted by molar-refractivity contribution is 0.584. The van der Waals surface area contributed by atoms with Gasteiger partial charge < -0.3 is 0 Å². The minimum atomic E-state index is -3.69. The molecule has 0 aliphatic carbocycles. The molecule has 1 N–H and O–H groups in total. The van der Waals surface area contributed by atoms with Gasteiger partial charge in [-0.2, -0.15) is 18.4 Å². The molecule has 0 aliphatic rings. The van der Waals surface area contributed by atoms with Crippen molar-refractivity contribution in [1.29, 1.82) is 0 Å². The topological polar surface area (TPSA) is 58.5 Å². The predicted molar refractivity (Wildman–Crippen MR) is 89.9 cm³/mol. The number of hydrazone groups is 1. The van der Waals surface area contributed by atoms with Crippen molar-refractivity contribution in [3.05, 3.63) is 64.2 Å². The van der Waals surface area contributed by atoms with Crippen molar-refractivity contribution in [2.45, 2.75) is 25.7 Å². The Morgan fingerprint density at radius 1 is 1.05 bits per heavy atom. The lowest BCUT2D eigenvalue weighted by atomic mass is 10.0. The molecule has 0 aromatic heterocycles. The van der Waals surface area contributed by atoms with E-state index >= 15 is 0 Å². The first-order valence-corrected chi connectivity index (χ1v) is 8.55. The number of hydrogen-bond donors (Lipinski definition) is 1. The molecule has 0 saturated carbocycles. The zero-order chi connectivity index (χ0) is 16.3. The number of nitrogens with zero attached hydrogens (tertiary/aromatic N) is 1. The Balaban J connectivity index is 2.22. The second-order valence-electron chi connectivity index (χ2n) is 5.04. The van der Waals surface area contributed by atoms with Crippen molar-refractivity contribution >= 4 is 27.3 Å². The van der Waals surface area contributed by atoms with E-state index in [9.17, 15) is 8.42 Å². The fourth-order valence-electron chi connectivity index (χ4n) is 1.83. The van der Waals surface area contributed by atoms with Crippen LogP contribution in [0.1, 0.15) is 23.6 Å². The van der Waals surface area contributed by atoms with Crippen LogP contribution in [0.4, 0.5) is 0 Å². The summed E-state index contributed by atoms with van der Waals surface area (Å²) in [7, 11) is -3.69. The molecule has 2 rings (SSSR count). The molecule has 0 heterocycles. The van der Waals surface area contributed by atoms with Crippen LogP contribution in [0.15, 0.2) is 52.5 Å². The third-order valence-corrected chi connectivity index (χ3v) is 4.86. The number of halogens is 1. The molecule has 0 amide bonds. The molecule has 0 aliphatic heterocycles. The van der Waals surface area contributed by atoms with Crippen molar-refractivity contribution < 1.29 is 8.42 Å². The zero-order valence-corrected chi connectivity index (χ0v) is 14.2. The molecule has 0 spiro atoms. The summed E-state index contributed by atoms with van der Waals surface area (Å²) in [6, 6.07) is 11.8. The van der Waals surface area contributed by atoms with E-state index in [-0.39, 0.29) is 4.90 Å². The summed E-state index contributed by atoms with van der Waals surface area (Å²) < 4.78 is 24.3. The molecular weight excluding hydrogens is 320 g/mol. The summed E-state index contributed by atoms with van der Waals surface area (Å²) in [5, 5.41) is 4.46. The van der Waals surface area contributed by atoms with Crippen LogP contribution in [0.2, 0.25) is 5.02 Å². The number of rotatable bonds is 4.